The van der Waals surface area contributed by atoms with Crippen LogP contribution in [0.5, 0.6) is 0 Å². The summed E-state index contributed by atoms with van der Waals surface area (Å²) in [7, 11) is 0. The van der Waals surface area contributed by atoms with Crippen molar-refractivity contribution in [1.82, 2.24) is 24.8 Å². The summed E-state index contributed by atoms with van der Waals surface area (Å²) in [6.07, 6.45) is 7.45. The highest BCUT2D eigenvalue weighted by Gasteiger charge is 2.27. The Labute approximate surface area is 174 Å². The van der Waals surface area contributed by atoms with Crippen molar-refractivity contribution in [2.24, 2.45) is 0 Å². The van der Waals surface area contributed by atoms with Gasteiger partial charge in [-0.2, -0.15) is 0 Å². The Hall–Kier alpha value is -3.26. The van der Waals surface area contributed by atoms with Gasteiger partial charge in [0.2, 0.25) is 0 Å². The van der Waals surface area contributed by atoms with E-state index >= 15 is 0 Å². The highest BCUT2D eigenvalue weighted by atomic mass is 19.1. The fourth-order valence-corrected chi connectivity index (χ4v) is 3.67. The largest absolute Gasteiger partial charge is 0.306 e. The van der Waals surface area contributed by atoms with E-state index in [1.165, 1.54) is 18.5 Å². The first kappa shape index (κ1) is 20.0. The molecular weight excluding hydrogens is 383 g/mol. The quantitative estimate of drug-likeness (QED) is 0.696. The molecule has 8 heteroatoms. The molecular formula is C22H23FN6O. The average Bonchev–Trinajstić information content (AvgIpc) is 2.76. The van der Waals surface area contributed by atoms with Crippen molar-refractivity contribution in [1.29, 1.82) is 0 Å². The smallest absolute Gasteiger partial charge is 0.258 e. The third-order valence-corrected chi connectivity index (χ3v) is 5.10. The maximum atomic E-state index is 13.2. The molecule has 30 heavy (non-hydrogen) atoms. The van der Waals surface area contributed by atoms with Crippen LogP contribution in [0.3, 0.4) is 0 Å². The predicted octanol–water partition coefficient (Wildman–Crippen LogP) is 3.69. The Morgan fingerprint density at radius 2 is 2.13 bits per heavy atom. The van der Waals surface area contributed by atoms with Crippen LogP contribution in [-0.2, 0) is 6.54 Å². The zero-order valence-corrected chi connectivity index (χ0v) is 16.8. The third kappa shape index (κ3) is 4.83. The van der Waals surface area contributed by atoms with Crippen molar-refractivity contribution in [2.45, 2.75) is 38.8 Å². The van der Waals surface area contributed by atoms with E-state index in [4.69, 9.17) is 0 Å². The molecule has 4 rings (SSSR count). The van der Waals surface area contributed by atoms with E-state index in [9.17, 15) is 9.18 Å². The Bertz CT molecular complexity index is 1010. The number of likely N-dealkylation sites (tertiary alicyclic amines) is 1. The second-order valence-electron chi connectivity index (χ2n) is 7.40. The first-order valence-corrected chi connectivity index (χ1v) is 10.00. The number of halogens is 1. The Kier molecular flexibility index (Phi) is 6.04. The lowest BCUT2D eigenvalue weighted by atomic mass is 10.0. The van der Waals surface area contributed by atoms with Crippen LogP contribution in [0.25, 0.3) is 0 Å². The van der Waals surface area contributed by atoms with E-state index in [1.54, 1.807) is 30.5 Å². The number of carbonyl (C=O) groups is 1. The number of anilines is 1. The molecule has 7 nitrogen and oxygen atoms in total. The maximum Gasteiger partial charge on any atom is 0.258 e. The number of nitrogens with one attached hydrogen (secondary N) is 1. The zero-order valence-electron chi connectivity index (χ0n) is 16.8. The number of rotatable bonds is 5. The van der Waals surface area contributed by atoms with Crippen LogP contribution in [0.15, 0.2) is 48.9 Å². The summed E-state index contributed by atoms with van der Waals surface area (Å²) in [5.41, 5.74) is 2.06. The van der Waals surface area contributed by atoms with Crippen LogP contribution in [0.4, 0.5) is 10.2 Å². The minimum atomic E-state index is -0.343. The predicted molar refractivity (Wildman–Crippen MR) is 110 cm³/mol. The molecule has 3 aromatic heterocycles. The lowest BCUT2D eigenvalue weighted by Gasteiger charge is -2.34. The van der Waals surface area contributed by atoms with Gasteiger partial charge in [-0.3, -0.25) is 19.7 Å². The molecule has 1 aliphatic heterocycles. The minimum absolute atomic E-state index is 0.0135. The van der Waals surface area contributed by atoms with E-state index in [-0.39, 0.29) is 17.8 Å². The number of amides is 1. The molecule has 0 spiro atoms. The molecule has 1 fully saturated rings. The summed E-state index contributed by atoms with van der Waals surface area (Å²) in [6, 6.07) is 8.32. The summed E-state index contributed by atoms with van der Waals surface area (Å²) in [4.78, 5) is 32.2. The first-order valence-electron chi connectivity index (χ1n) is 10.00. The van der Waals surface area contributed by atoms with Gasteiger partial charge in [-0.1, -0.05) is 6.42 Å². The van der Waals surface area contributed by atoms with Crippen LogP contribution < -0.4 is 5.32 Å². The van der Waals surface area contributed by atoms with Gasteiger partial charge >= 0.3 is 0 Å². The van der Waals surface area contributed by atoms with Gasteiger partial charge in [0.25, 0.3) is 5.91 Å². The molecule has 0 radical (unpaired) electrons. The standard InChI is InChI=1S/C22H23FN6O/c1-15-11-20(28-22(30)16-5-4-9-24-12-16)27-21(26-15)19-6-2-3-10-29(19)14-18-8-7-17(23)13-25-18/h4-5,7-9,11-13,19H,2-3,6,10,14H2,1H3,(H,26,27,28,30). The molecule has 0 aliphatic carbocycles. The fraction of sp³-hybridized carbons (Fsp3) is 0.318. The van der Waals surface area contributed by atoms with Gasteiger partial charge in [0.15, 0.2) is 0 Å². The number of carbonyl (C=O) groups excluding carboxylic acids is 1. The zero-order chi connectivity index (χ0) is 20.9. The van der Waals surface area contributed by atoms with Gasteiger partial charge < -0.3 is 5.32 Å². The van der Waals surface area contributed by atoms with Crippen LogP contribution in [-0.4, -0.2) is 37.3 Å². The summed E-state index contributed by atoms with van der Waals surface area (Å²) >= 11 is 0. The molecule has 1 aliphatic rings. The van der Waals surface area contributed by atoms with E-state index < -0.39 is 0 Å². The lowest BCUT2D eigenvalue weighted by Crippen LogP contribution is -2.34. The highest BCUT2D eigenvalue weighted by Crippen LogP contribution is 2.30. The topological polar surface area (TPSA) is 83.9 Å². The van der Waals surface area contributed by atoms with Gasteiger partial charge in [-0.15, -0.1) is 0 Å². The van der Waals surface area contributed by atoms with Crippen molar-refractivity contribution in [3.8, 4) is 0 Å². The molecule has 0 aromatic carbocycles. The van der Waals surface area contributed by atoms with Crippen molar-refractivity contribution in [2.75, 3.05) is 11.9 Å². The van der Waals surface area contributed by atoms with Crippen LogP contribution in [0.2, 0.25) is 0 Å². The molecule has 0 saturated carbocycles. The summed E-state index contributed by atoms with van der Waals surface area (Å²) < 4.78 is 13.2. The van der Waals surface area contributed by atoms with Gasteiger partial charge in [0.1, 0.15) is 17.5 Å². The van der Waals surface area contributed by atoms with Gasteiger partial charge in [0, 0.05) is 30.7 Å². The van der Waals surface area contributed by atoms with Gasteiger partial charge in [-0.05, 0) is 50.6 Å². The number of nitrogens with zero attached hydrogens (tertiary/aromatic N) is 5. The Balaban J connectivity index is 1.55. The van der Waals surface area contributed by atoms with E-state index in [0.29, 0.717) is 23.8 Å². The monoisotopic (exact) mass is 406 g/mol. The molecule has 1 unspecified atom stereocenters. The molecule has 1 saturated heterocycles. The molecule has 1 atom stereocenters. The van der Waals surface area contributed by atoms with E-state index in [0.717, 1.165) is 37.2 Å². The number of hydrogen-bond acceptors (Lipinski definition) is 6. The number of piperidine rings is 1. The van der Waals surface area contributed by atoms with Gasteiger partial charge in [-0.25, -0.2) is 14.4 Å². The van der Waals surface area contributed by atoms with Crippen LogP contribution >= 0.6 is 0 Å². The minimum Gasteiger partial charge on any atom is -0.306 e. The number of aromatic nitrogens is 4. The van der Waals surface area contributed by atoms with Crippen molar-refractivity contribution in [3.05, 3.63) is 77.5 Å². The molecule has 1 N–H and O–H groups in total. The second kappa shape index (κ2) is 9.04. The van der Waals surface area contributed by atoms with E-state index in [1.807, 2.05) is 6.92 Å². The Morgan fingerprint density at radius 1 is 1.23 bits per heavy atom. The summed E-state index contributed by atoms with van der Waals surface area (Å²) in [5, 5.41) is 2.85. The normalized spacial score (nSPS) is 16.9. The molecule has 0 bridgehead atoms. The average molecular weight is 406 g/mol. The van der Waals surface area contributed by atoms with Crippen LogP contribution in [0.1, 0.15) is 52.9 Å². The summed E-state index contributed by atoms with van der Waals surface area (Å²) in [5.74, 6) is 0.545. The Morgan fingerprint density at radius 3 is 2.90 bits per heavy atom. The van der Waals surface area contributed by atoms with Crippen LogP contribution in [0, 0.1) is 12.7 Å². The van der Waals surface area contributed by atoms with Gasteiger partial charge in [0.05, 0.1) is 23.5 Å². The SMILES string of the molecule is Cc1cc(NC(=O)c2cccnc2)nc(C2CCCCN2Cc2ccc(F)cn2)n1. The van der Waals surface area contributed by atoms with Crippen molar-refractivity contribution >= 4 is 11.7 Å². The number of aryl methyl sites for hydroxylation is 1. The lowest BCUT2D eigenvalue weighted by molar-refractivity contribution is 0.102. The van der Waals surface area contributed by atoms with E-state index in [2.05, 4.69) is 30.2 Å². The molecule has 4 heterocycles. The first-order chi connectivity index (χ1) is 14.6. The molecule has 154 valence electrons. The molecule has 1 amide bonds. The number of pyridine rings is 2. The van der Waals surface area contributed by atoms with Crippen molar-refractivity contribution < 1.29 is 9.18 Å². The second-order valence-corrected chi connectivity index (χ2v) is 7.40. The highest BCUT2D eigenvalue weighted by molar-refractivity contribution is 6.03. The summed E-state index contributed by atoms with van der Waals surface area (Å²) in [6.45, 7) is 3.37. The third-order valence-electron chi connectivity index (χ3n) is 5.10. The number of hydrogen-bond donors (Lipinski definition) is 1. The molecule has 3 aromatic rings. The maximum absolute atomic E-state index is 13.2. The fourth-order valence-electron chi connectivity index (χ4n) is 3.67. The van der Waals surface area contributed by atoms with Crippen molar-refractivity contribution in [3.63, 3.8) is 0 Å².